The van der Waals surface area contributed by atoms with E-state index in [1.165, 1.54) is 0 Å². The molecule has 1 aromatic heterocycles. The van der Waals surface area contributed by atoms with Crippen molar-refractivity contribution in [3.63, 3.8) is 0 Å². The molecule has 1 heterocycles. The third-order valence-corrected chi connectivity index (χ3v) is 3.46. The maximum atomic E-state index is 10.8. The average Bonchev–Trinajstić information content (AvgIpc) is 2.88. The van der Waals surface area contributed by atoms with Gasteiger partial charge in [-0.25, -0.2) is 4.68 Å². The van der Waals surface area contributed by atoms with Gasteiger partial charge in [0.15, 0.2) is 0 Å². The van der Waals surface area contributed by atoms with Gasteiger partial charge in [-0.3, -0.25) is 0 Å². The molecule has 0 spiro atoms. The second-order valence-corrected chi connectivity index (χ2v) is 6.66. The third kappa shape index (κ3) is 4.16. The minimum absolute atomic E-state index is 0.0513. The highest BCUT2D eigenvalue weighted by atomic mass is 16.3. The Morgan fingerprint density at radius 3 is 2.38 bits per heavy atom. The predicted octanol–water partition coefficient (Wildman–Crippen LogP) is 2.86. The topological polar surface area (TPSA) is 50.1 Å². The first kappa shape index (κ1) is 15.7. The van der Waals surface area contributed by atoms with E-state index in [1.807, 2.05) is 43.3 Å². The van der Waals surface area contributed by atoms with Crippen LogP contribution in [-0.4, -0.2) is 27.0 Å². The first-order valence-corrected chi connectivity index (χ1v) is 7.37. The van der Waals surface area contributed by atoms with Crippen LogP contribution in [-0.2, 0) is 5.60 Å². The lowest BCUT2D eigenvalue weighted by atomic mass is 9.97. The zero-order chi connectivity index (χ0) is 15.5. The molecule has 1 atom stereocenters. The molecule has 21 heavy (non-hydrogen) atoms. The number of rotatable bonds is 5. The highest BCUT2D eigenvalue weighted by molar-refractivity contribution is 5.33. The molecular formula is C17H25N3O. The van der Waals surface area contributed by atoms with Gasteiger partial charge in [-0.2, -0.15) is 5.10 Å². The maximum absolute atomic E-state index is 10.8. The lowest BCUT2D eigenvalue weighted by Crippen LogP contribution is -2.39. The van der Waals surface area contributed by atoms with Gasteiger partial charge in [-0.05, 0) is 58.9 Å². The molecule has 2 aromatic rings. The zero-order valence-electron chi connectivity index (χ0n) is 13.3. The van der Waals surface area contributed by atoms with Gasteiger partial charge in [-0.15, -0.1) is 0 Å². The normalized spacial score (nSPS) is 14.9. The van der Waals surface area contributed by atoms with Crippen LogP contribution in [0.4, 0.5) is 0 Å². The first-order chi connectivity index (χ1) is 9.80. The number of nitrogens with one attached hydrogen (secondary N) is 1. The highest BCUT2D eigenvalue weighted by Gasteiger charge is 2.27. The van der Waals surface area contributed by atoms with Gasteiger partial charge in [0.25, 0.3) is 0 Å². The van der Waals surface area contributed by atoms with Crippen LogP contribution in [0.25, 0.3) is 5.69 Å². The second-order valence-electron chi connectivity index (χ2n) is 6.66. The van der Waals surface area contributed by atoms with Gasteiger partial charge in [-0.1, -0.05) is 18.2 Å². The minimum atomic E-state index is -0.926. The Balaban J connectivity index is 2.16. The van der Waals surface area contributed by atoms with Crippen LogP contribution in [0.3, 0.4) is 0 Å². The summed E-state index contributed by atoms with van der Waals surface area (Å²) < 4.78 is 1.80. The Morgan fingerprint density at radius 1 is 1.10 bits per heavy atom. The summed E-state index contributed by atoms with van der Waals surface area (Å²) in [5.74, 6) is 0. The molecule has 0 saturated heterocycles. The molecule has 1 aromatic carbocycles. The molecule has 0 bridgehead atoms. The van der Waals surface area contributed by atoms with Crippen molar-refractivity contribution in [3.8, 4) is 5.69 Å². The summed E-state index contributed by atoms with van der Waals surface area (Å²) in [7, 11) is 0. The maximum Gasteiger partial charge on any atom is 0.105 e. The van der Waals surface area contributed by atoms with E-state index in [9.17, 15) is 5.11 Å². The molecule has 0 aliphatic carbocycles. The van der Waals surface area contributed by atoms with E-state index in [0.717, 1.165) is 17.9 Å². The lowest BCUT2D eigenvalue weighted by molar-refractivity contribution is 0.0395. The molecule has 4 nitrogen and oxygen atoms in total. The molecule has 0 aliphatic heterocycles. The van der Waals surface area contributed by atoms with Crippen LogP contribution in [0.1, 0.15) is 39.8 Å². The predicted molar refractivity (Wildman–Crippen MR) is 85.5 cm³/mol. The molecule has 0 amide bonds. The summed E-state index contributed by atoms with van der Waals surface area (Å²) in [6.07, 6.45) is 2.36. The van der Waals surface area contributed by atoms with E-state index >= 15 is 0 Å². The smallest absolute Gasteiger partial charge is 0.105 e. The number of hydrogen-bond acceptors (Lipinski definition) is 3. The molecule has 2 N–H and O–H groups in total. The fourth-order valence-electron chi connectivity index (χ4n) is 2.29. The summed E-state index contributed by atoms with van der Waals surface area (Å²) in [6, 6.07) is 11.8. The van der Waals surface area contributed by atoms with Crippen LogP contribution >= 0.6 is 0 Å². The number of aromatic nitrogens is 2. The molecular weight excluding hydrogens is 262 g/mol. The van der Waals surface area contributed by atoms with Crippen molar-refractivity contribution >= 4 is 0 Å². The van der Waals surface area contributed by atoms with Crippen LogP contribution in [0.5, 0.6) is 0 Å². The van der Waals surface area contributed by atoms with Gasteiger partial charge in [0, 0.05) is 11.7 Å². The fraction of sp³-hybridized carbons (Fsp3) is 0.471. The summed E-state index contributed by atoms with van der Waals surface area (Å²) >= 11 is 0. The van der Waals surface area contributed by atoms with Crippen LogP contribution in [0, 0.1) is 0 Å². The van der Waals surface area contributed by atoms with Crippen molar-refractivity contribution in [1.82, 2.24) is 15.1 Å². The Bertz CT molecular complexity index is 567. The van der Waals surface area contributed by atoms with Crippen molar-refractivity contribution in [2.75, 3.05) is 6.54 Å². The van der Waals surface area contributed by atoms with Crippen LogP contribution in [0.2, 0.25) is 0 Å². The SMILES string of the molecule is CC(C)(C)NCCC(C)(O)c1ccnn1-c1ccccc1. The van der Waals surface area contributed by atoms with Crippen molar-refractivity contribution in [2.24, 2.45) is 0 Å². The van der Waals surface area contributed by atoms with Crippen LogP contribution < -0.4 is 5.32 Å². The summed E-state index contributed by atoms with van der Waals surface area (Å²) in [6.45, 7) is 8.95. The van der Waals surface area contributed by atoms with Crippen molar-refractivity contribution in [2.45, 2.75) is 45.3 Å². The van der Waals surface area contributed by atoms with Gasteiger partial charge < -0.3 is 10.4 Å². The van der Waals surface area contributed by atoms with E-state index < -0.39 is 5.60 Å². The lowest BCUT2D eigenvalue weighted by Gasteiger charge is -2.27. The summed E-state index contributed by atoms with van der Waals surface area (Å²) in [4.78, 5) is 0. The van der Waals surface area contributed by atoms with E-state index in [2.05, 4.69) is 31.2 Å². The third-order valence-electron chi connectivity index (χ3n) is 3.46. The van der Waals surface area contributed by atoms with Crippen molar-refractivity contribution < 1.29 is 5.11 Å². The highest BCUT2D eigenvalue weighted by Crippen LogP contribution is 2.26. The molecule has 4 heteroatoms. The fourth-order valence-corrected chi connectivity index (χ4v) is 2.29. The first-order valence-electron chi connectivity index (χ1n) is 7.37. The second kappa shape index (κ2) is 6.00. The van der Waals surface area contributed by atoms with E-state index in [1.54, 1.807) is 10.9 Å². The average molecular weight is 287 g/mol. The Kier molecular flexibility index (Phi) is 4.49. The van der Waals surface area contributed by atoms with Crippen molar-refractivity contribution in [1.29, 1.82) is 0 Å². The molecule has 0 aliphatic rings. The summed E-state index contributed by atoms with van der Waals surface area (Å²) in [5, 5.41) is 18.6. The van der Waals surface area contributed by atoms with Gasteiger partial charge >= 0.3 is 0 Å². The molecule has 0 fully saturated rings. The minimum Gasteiger partial charge on any atom is -0.384 e. The quantitative estimate of drug-likeness (QED) is 0.889. The Morgan fingerprint density at radius 2 is 1.76 bits per heavy atom. The molecule has 114 valence electrons. The van der Waals surface area contributed by atoms with Gasteiger partial charge in [0.1, 0.15) is 5.60 Å². The standard InChI is InChI=1S/C17H25N3O/c1-16(2,3)18-13-11-17(4,21)15-10-12-19-20(15)14-8-6-5-7-9-14/h5-10,12,18,21H,11,13H2,1-4H3. The number of nitrogens with zero attached hydrogens (tertiary/aromatic N) is 2. The zero-order valence-corrected chi connectivity index (χ0v) is 13.3. The molecule has 0 radical (unpaired) electrons. The largest absolute Gasteiger partial charge is 0.384 e. The van der Waals surface area contributed by atoms with E-state index in [0.29, 0.717) is 6.42 Å². The van der Waals surface area contributed by atoms with E-state index in [4.69, 9.17) is 0 Å². The molecule has 0 saturated carbocycles. The monoisotopic (exact) mass is 287 g/mol. The number of para-hydroxylation sites is 1. The Hall–Kier alpha value is -1.65. The van der Waals surface area contributed by atoms with Gasteiger partial charge in [0.05, 0.1) is 11.4 Å². The van der Waals surface area contributed by atoms with E-state index in [-0.39, 0.29) is 5.54 Å². The Labute approximate surface area is 126 Å². The molecule has 2 rings (SSSR count). The summed E-state index contributed by atoms with van der Waals surface area (Å²) in [5.41, 5.74) is 0.895. The number of aliphatic hydroxyl groups is 1. The van der Waals surface area contributed by atoms with Crippen LogP contribution in [0.15, 0.2) is 42.6 Å². The van der Waals surface area contributed by atoms with Crippen molar-refractivity contribution in [3.05, 3.63) is 48.3 Å². The molecule has 1 unspecified atom stereocenters. The number of hydrogen-bond donors (Lipinski definition) is 2. The van der Waals surface area contributed by atoms with Gasteiger partial charge in [0.2, 0.25) is 0 Å². The number of benzene rings is 1.